The van der Waals surface area contributed by atoms with Gasteiger partial charge in [-0.15, -0.1) is 0 Å². The van der Waals surface area contributed by atoms with Crippen LogP contribution in [-0.4, -0.2) is 25.8 Å². The maximum atomic E-state index is 12.7. The first-order chi connectivity index (χ1) is 18.6. The molecule has 0 spiro atoms. The molecule has 1 unspecified atom stereocenters. The molecule has 6 heteroatoms. The van der Waals surface area contributed by atoms with E-state index in [1.165, 1.54) is 6.08 Å². The Kier molecular flexibility index (Phi) is 10.3. The molecule has 0 fully saturated rings. The Bertz CT molecular complexity index is 1240. The van der Waals surface area contributed by atoms with Gasteiger partial charge in [0.25, 0.3) is 0 Å². The number of hydrogen-bond donors (Lipinski definition) is 0. The summed E-state index contributed by atoms with van der Waals surface area (Å²) >= 11 is 0. The molecule has 0 bridgehead atoms. The number of rotatable bonds is 12. The molecule has 0 saturated heterocycles. The maximum absolute atomic E-state index is 12.7. The third-order valence-corrected chi connectivity index (χ3v) is 6.78. The molecule has 0 saturated carbocycles. The fourth-order valence-corrected chi connectivity index (χ4v) is 4.21. The quantitative estimate of drug-likeness (QED) is 0.104. The third-order valence-electron chi connectivity index (χ3n) is 6.78. The summed E-state index contributed by atoms with van der Waals surface area (Å²) in [7, 11) is 1.63. The highest BCUT2D eigenvalue weighted by Crippen LogP contribution is 2.35. The molecule has 0 aromatic heterocycles. The van der Waals surface area contributed by atoms with Crippen molar-refractivity contribution in [2.75, 3.05) is 13.9 Å². The summed E-state index contributed by atoms with van der Waals surface area (Å²) in [5.74, 6) is 1.63. The van der Waals surface area contributed by atoms with E-state index in [0.29, 0.717) is 17.4 Å². The van der Waals surface area contributed by atoms with E-state index in [0.717, 1.165) is 28.9 Å². The molecule has 3 aromatic carbocycles. The molecule has 206 valence electrons. The van der Waals surface area contributed by atoms with Crippen LogP contribution in [0.1, 0.15) is 46.6 Å². The average Bonchev–Trinajstić information content (AvgIpc) is 2.92. The lowest BCUT2D eigenvalue weighted by atomic mass is 9.73. The SMILES string of the molecule is COc1ccc(-c2ccc(OC(=O)C=Cc3ccc(OCOC(=O)C(C)(CC(C)C)C(C)C)cc3)cc2)cc1. The zero-order valence-corrected chi connectivity index (χ0v) is 23.6. The van der Waals surface area contributed by atoms with Crippen molar-refractivity contribution in [2.45, 2.75) is 41.0 Å². The Hall–Kier alpha value is -4.06. The number of carbonyl (C=O) groups is 2. The van der Waals surface area contributed by atoms with Gasteiger partial charge >= 0.3 is 11.9 Å². The van der Waals surface area contributed by atoms with Crippen molar-refractivity contribution >= 4 is 18.0 Å². The second kappa shape index (κ2) is 13.7. The van der Waals surface area contributed by atoms with E-state index in [1.807, 2.05) is 69.3 Å². The van der Waals surface area contributed by atoms with Crippen LogP contribution in [0, 0.1) is 17.3 Å². The molecule has 0 aliphatic heterocycles. The number of benzene rings is 3. The van der Waals surface area contributed by atoms with Crippen molar-refractivity contribution in [3.05, 3.63) is 84.4 Å². The first kappa shape index (κ1) is 29.5. The van der Waals surface area contributed by atoms with Crippen molar-refractivity contribution in [1.29, 1.82) is 0 Å². The lowest BCUT2D eigenvalue weighted by molar-refractivity contribution is -0.165. The summed E-state index contributed by atoms with van der Waals surface area (Å²) < 4.78 is 21.6. The Morgan fingerprint density at radius 3 is 1.85 bits per heavy atom. The van der Waals surface area contributed by atoms with E-state index >= 15 is 0 Å². The predicted octanol–water partition coefficient (Wildman–Crippen LogP) is 7.57. The van der Waals surface area contributed by atoms with Crippen molar-refractivity contribution in [2.24, 2.45) is 17.3 Å². The number of carbonyl (C=O) groups excluding carboxylic acids is 2. The topological polar surface area (TPSA) is 71.1 Å². The maximum Gasteiger partial charge on any atom is 0.336 e. The van der Waals surface area contributed by atoms with Gasteiger partial charge in [0.1, 0.15) is 17.2 Å². The number of ether oxygens (including phenoxy) is 4. The molecule has 3 aromatic rings. The minimum absolute atomic E-state index is 0.155. The first-order valence-corrected chi connectivity index (χ1v) is 13.1. The Morgan fingerprint density at radius 1 is 0.795 bits per heavy atom. The van der Waals surface area contributed by atoms with Crippen LogP contribution in [0.3, 0.4) is 0 Å². The van der Waals surface area contributed by atoms with E-state index in [2.05, 4.69) is 13.8 Å². The van der Waals surface area contributed by atoms with Crippen LogP contribution in [0.5, 0.6) is 17.2 Å². The fraction of sp³-hybridized carbons (Fsp3) is 0.333. The summed E-state index contributed by atoms with van der Waals surface area (Å²) in [6.07, 6.45) is 3.79. The van der Waals surface area contributed by atoms with Gasteiger partial charge in [-0.1, -0.05) is 64.1 Å². The second-order valence-corrected chi connectivity index (χ2v) is 10.4. The van der Waals surface area contributed by atoms with Gasteiger partial charge in [0.2, 0.25) is 6.79 Å². The monoisotopic (exact) mass is 530 g/mol. The van der Waals surface area contributed by atoms with E-state index in [1.54, 1.807) is 37.5 Å². The largest absolute Gasteiger partial charge is 0.497 e. The van der Waals surface area contributed by atoms with Crippen molar-refractivity contribution in [1.82, 2.24) is 0 Å². The molecule has 39 heavy (non-hydrogen) atoms. The molecule has 3 rings (SSSR count). The molecule has 0 N–H and O–H groups in total. The highest BCUT2D eigenvalue weighted by molar-refractivity contribution is 5.88. The van der Waals surface area contributed by atoms with Gasteiger partial charge in [0, 0.05) is 6.08 Å². The van der Waals surface area contributed by atoms with E-state index in [-0.39, 0.29) is 18.7 Å². The highest BCUT2D eigenvalue weighted by Gasteiger charge is 2.38. The van der Waals surface area contributed by atoms with Crippen molar-refractivity contribution in [3.63, 3.8) is 0 Å². The van der Waals surface area contributed by atoms with Crippen LogP contribution in [-0.2, 0) is 14.3 Å². The average molecular weight is 531 g/mol. The van der Waals surface area contributed by atoms with Gasteiger partial charge in [-0.2, -0.15) is 0 Å². The highest BCUT2D eigenvalue weighted by atomic mass is 16.7. The standard InChI is InChI=1S/C33H38O6/c1-23(2)21-33(5,24(3)4)32(35)38-22-37-29-14-7-25(8-15-29)9-20-31(34)39-30-18-12-27(13-19-30)26-10-16-28(36-6)17-11-26/h7-20,23-24H,21-22H2,1-6H3. The smallest absolute Gasteiger partial charge is 0.336 e. The van der Waals surface area contributed by atoms with Gasteiger partial charge in [-0.05, 0) is 84.3 Å². The number of esters is 2. The van der Waals surface area contributed by atoms with Crippen LogP contribution in [0.15, 0.2) is 78.9 Å². The summed E-state index contributed by atoms with van der Waals surface area (Å²) in [5.41, 5.74) is 2.30. The molecular formula is C33H38O6. The summed E-state index contributed by atoms with van der Waals surface area (Å²) in [6.45, 7) is 10.1. The zero-order chi connectivity index (χ0) is 28.4. The second-order valence-electron chi connectivity index (χ2n) is 10.4. The molecule has 0 aliphatic carbocycles. The minimum Gasteiger partial charge on any atom is -0.497 e. The molecule has 0 heterocycles. The number of methoxy groups -OCH3 is 1. The van der Waals surface area contributed by atoms with Gasteiger partial charge in [0.15, 0.2) is 0 Å². The molecular weight excluding hydrogens is 492 g/mol. The van der Waals surface area contributed by atoms with Crippen molar-refractivity contribution in [3.8, 4) is 28.4 Å². The van der Waals surface area contributed by atoms with Gasteiger partial charge in [-0.3, -0.25) is 4.79 Å². The summed E-state index contributed by atoms with van der Waals surface area (Å²) in [4.78, 5) is 25.0. The van der Waals surface area contributed by atoms with Gasteiger partial charge in [-0.25, -0.2) is 4.79 Å². The Labute approximate surface area is 231 Å². The summed E-state index contributed by atoms with van der Waals surface area (Å²) in [6, 6.07) is 22.2. The van der Waals surface area contributed by atoms with E-state index in [4.69, 9.17) is 18.9 Å². The Morgan fingerprint density at radius 2 is 1.33 bits per heavy atom. The first-order valence-electron chi connectivity index (χ1n) is 13.1. The minimum atomic E-state index is -0.556. The van der Waals surface area contributed by atoms with Crippen LogP contribution in [0.25, 0.3) is 17.2 Å². The number of hydrogen-bond acceptors (Lipinski definition) is 6. The normalized spacial score (nSPS) is 12.8. The van der Waals surface area contributed by atoms with Crippen molar-refractivity contribution < 1.29 is 28.5 Å². The molecule has 0 aliphatic rings. The molecule has 1 atom stereocenters. The zero-order valence-electron chi connectivity index (χ0n) is 23.6. The van der Waals surface area contributed by atoms with Crippen LogP contribution >= 0.6 is 0 Å². The third kappa shape index (κ3) is 8.47. The van der Waals surface area contributed by atoms with E-state index in [9.17, 15) is 9.59 Å². The predicted molar refractivity (Wildman–Crippen MR) is 154 cm³/mol. The fourth-order valence-electron chi connectivity index (χ4n) is 4.21. The van der Waals surface area contributed by atoms with Crippen LogP contribution < -0.4 is 14.2 Å². The van der Waals surface area contributed by atoms with Crippen LogP contribution in [0.2, 0.25) is 0 Å². The Balaban J connectivity index is 1.48. The van der Waals surface area contributed by atoms with Gasteiger partial charge < -0.3 is 18.9 Å². The van der Waals surface area contributed by atoms with E-state index < -0.39 is 11.4 Å². The molecule has 0 radical (unpaired) electrons. The summed E-state index contributed by atoms with van der Waals surface area (Å²) in [5, 5.41) is 0. The lowest BCUT2D eigenvalue weighted by Crippen LogP contribution is -2.37. The van der Waals surface area contributed by atoms with Gasteiger partial charge in [0.05, 0.1) is 12.5 Å². The molecule has 0 amide bonds. The lowest BCUT2D eigenvalue weighted by Gasteiger charge is -2.32. The van der Waals surface area contributed by atoms with Crippen LogP contribution in [0.4, 0.5) is 0 Å². The molecule has 6 nitrogen and oxygen atoms in total.